The highest BCUT2D eigenvalue weighted by Crippen LogP contribution is 2.42. The molecule has 4 nitrogen and oxygen atoms in total. The Hall–Kier alpha value is -0.176. The van der Waals surface area contributed by atoms with Crippen molar-refractivity contribution in [3.63, 3.8) is 0 Å². The summed E-state index contributed by atoms with van der Waals surface area (Å²) in [6.45, 7) is 19.6. The molecule has 25 heavy (non-hydrogen) atoms. The predicted octanol–water partition coefficient (Wildman–Crippen LogP) is 5.27. The standard InChI is InChI=1S/C19H43NO3Si2/c1-16(2)25(17(3)4,18(5)6)23-19(21)12-14-20(7)13-11-15-24(9,10)22-8/h16-18H,11-15H2,1-10H3. The molecule has 0 aliphatic rings. The smallest absolute Gasteiger partial charge is 0.293 e. The largest absolute Gasteiger partial charge is 0.518 e. The van der Waals surface area contributed by atoms with Gasteiger partial charge in [0.1, 0.15) is 0 Å². The first-order chi connectivity index (χ1) is 11.4. The van der Waals surface area contributed by atoms with E-state index in [0.29, 0.717) is 23.0 Å². The van der Waals surface area contributed by atoms with Crippen LogP contribution in [-0.2, 0) is 13.6 Å². The zero-order valence-corrected chi connectivity index (χ0v) is 20.4. The lowest BCUT2D eigenvalue weighted by Gasteiger charge is -2.41. The van der Waals surface area contributed by atoms with Gasteiger partial charge < -0.3 is 13.8 Å². The molecular formula is C19H43NO3Si2. The number of rotatable bonds is 12. The van der Waals surface area contributed by atoms with E-state index in [1.54, 1.807) is 0 Å². The van der Waals surface area contributed by atoms with E-state index in [4.69, 9.17) is 8.85 Å². The summed E-state index contributed by atoms with van der Waals surface area (Å²) in [4.78, 5) is 14.8. The summed E-state index contributed by atoms with van der Waals surface area (Å²) in [6.07, 6.45) is 1.61. The first-order valence-corrected chi connectivity index (χ1v) is 15.1. The SMILES string of the molecule is CO[Si](C)(C)CCCN(C)CCC(=O)O[Si](C(C)C)(C(C)C)C(C)C. The van der Waals surface area contributed by atoms with E-state index in [9.17, 15) is 4.79 Å². The zero-order chi connectivity index (χ0) is 19.8. The minimum atomic E-state index is -2.10. The third-order valence-corrected chi connectivity index (χ3v) is 14.2. The Bertz CT molecular complexity index is 376. The van der Waals surface area contributed by atoms with Gasteiger partial charge in [-0.1, -0.05) is 41.5 Å². The predicted molar refractivity (Wildman–Crippen MR) is 113 cm³/mol. The van der Waals surface area contributed by atoms with E-state index in [1.807, 2.05) is 7.11 Å². The summed E-state index contributed by atoms with van der Waals surface area (Å²) in [5.74, 6) is -0.0128. The van der Waals surface area contributed by atoms with Crippen molar-refractivity contribution in [2.24, 2.45) is 0 Å². The van der Waals surface area contributed by atoms with Crippen LogP contribution in [0.4, 0.5) is 0 Å². The molecule has 0 bridgehead atoms. The normalized spacial score (nSPS) is 13.4. The second-order valence-electron chi connectivity index (χ2n) is 8.91. The topological polar surface area (TPSA) is 38.8 Å². The van der Waals surface area contributed by atoms with Gasteiger partial charge in [-0.05, 0) is 55.8 Å². The molecule has 0 aromatic heterocycles. The van der Waals surface area contributed by atoms with E-state index < -0.39 is 16.6 Å². The third kappa shape index (κ3) is 7.93. The van der Waals surface area contributed by atoms with Gasteiger partial charge in [0.2, 0.25) is 0 Å². The van der Waals surface area contributed by atoms with Crippen molar-refractivity contribution in [1.29, 1.82) is 0 Å². The van der Waals surface area contributed by atoms with E-state index >= 15 is 0 Å². The molecule has 0 saturated heterocycles. The molecule has 150 valence electrons. The van der Waals surface area contributed by atoms with Crippen LogP contribution in [0.25, 0.3) is 0 Å². The zero-order valence-electron chi connectivity index (χ0n) is 18.4. The second-order valence-corrected chi connectivity index (χ2v) is 18.7. The molecule has 0 aliphatic heterocycles. The molecule has 0 aromatic rings. The number of carbonyl (C=O) groups excluding carboxylic acids is 1. The average Bonchev–Trinajstić information content (AvgIpc) is 2.49. The van der Waals surface area contributed by atoms with Gasteiger partial charge in [-0.3, -0.25) is 4.79 Å². The fourth-order valence-electron chi connectivity index (χ4n) is 3.87. The lowest BCUT2D eigenvalue weighted by Crippen LogP contribution is -2.49. The molecule has 0 aliphatic carbocycles. The molecule has 0 radical (unpaired) electrons. The van der Waals surface area contributed by atoms with Gasteiger partial charge in [0, 0.05) is 13.7 Å². The quantitative estimate of drug-likeness (QED) is 0.426. The second kappa shape index (κ2) is 10.8. The minimum Gasteiger partial charge on any atom is -0.518 e. The van der Waals surface area contributed by atoms with Crippen LogP contribution in [0.3, 0.4) is 0 Å². The van der Waals surface area contributed by atoms with Crippen LogP contribution in [0.1, 0.15) is 54.4 Å². The van der Waals surface area contributed by atoms with Gasteiger partial charge in [0.25, 0.3) is 14.3 Å². The van der Waals surface area contributed by atoms with E-state index in [1.165, 1.54) is 0 Å². The summed E-state index contributed by atoms with van der Waals surface area (Å²) < 4.78 is 11.8. The summed E-state index contributed by atoms with van der Waals surface area (Å²) in [7, 11) is 0.342. The molecule has 0 heterocycles. The van der Waals surface area contributed by atoms with Crippen molar-refractivity contribution >= 4 is 22.6 Å². The maximum atomic E-state index is 12.5. The highest BCUT2D eigenvalue weighted by Gasteiger charge is 2.48. The molecule has 0 N–H and O–H groups in total. The van der Waals surface area contributed by atoms with Crippen molar-refractivity contribution in [2.75, 3.05) is 27.2 Å². The van der Waals surface area contributed by atoms with Gasteiger partial charge in [-0.2, -0.15) is 0 Å². The fourth-order valence-corrected chi connectivity index (χ4v) is 10.3. The molecular weight excluding hydrogens is 346 g/mol. The summed E-state index contributed by atoms with van der Waals surface area (Å²) >= 11 is 0. The monoisotopic (exact) mass is 389 g/mol. The molecule has 0 spiro atoms. The molecule has 6 heteroatoms. The van der Waals surface area contributed by atoms with E-state index in [0.717, 1.165) is 25.6 Å². The van der Waals surface area contributed by atoms with Crippen molar-refractivity contribution < 1.29 is 13.6 Å². The van der Waals surface area contributed by atoms with E-state index in [-0.39, 0.29) is 5.97 Å². The Kier molecular flexibility index (Phi) is 10.8. The number of hydrogen-bond acceptors (Lipinski definition) is 4. The Balaban J connectivity index is 4.49. The average molecular weight is 390 g/mol. The van der Waals surface area contributed by atoms with Crippen LogP contribution in [-0.4, -0.2) is 54.8 Å². The van der Waals surface area contributed by atoms with E-state index in [2.05, 4.69) is 66.6 Å². The van der Waals surface area contributed by atoms with Gasteiger partial charge in [0.15, 0.2) is 8.32 Å². The third-order valence-electron chi connectivity index (χ3n) is 5.57. The fraction of sp³-hybridized carbons (Fsp3) is 0.947. The molecule has 0 saturated carbocycles. The Morgan fingerprint density at radius 2 is 1.44 bits per heavy atom. The molecule has 0 atom stereocenters. The molecule has 0 rings (SSSR count). The van der Waals surface area contributed by atoms with Gasteiger partial charge in [-0.25, -0.2) is 0 Å². The maximum absolute atomic E-state index is 12.5. The van der Waals surface area contributed by atoms with Crippen molar-refractivity contribution in [2.45, 2.75) is 90.1 Å². The molecule has 0 unspecified atom stereocenters. The summed E-state index contributed by atoms with van der Waals surface area (Å²) in [5.41, 5.74) is 1.32. The lowest BCUT2D eigenvalue weighted by molar-refractivity contribution is -0.136. The molecule has 0 amide bonds. The van der Waals surface area contributed by atoms with Crippen LogP contribution in [0.5, 0.6) is 0 Å². The van der Waals surface area contributed by atoms with Crippen molar-refractivity contribution in [3.8, 4) is 0 Å². The number of carbonyl (C=O) groups is 1. The minimum absolute atomic E-state index is 0.0128. The lowest BCUT2D eigenvalue weighted by atomic mass is 10.3. The Morgan fingerprint density at radius 3 is 1.84 bits per heavy atom. The van der Waals surface area contributed by atoms with Crippen molar-refractivity contribution in [3.05, 3.63) is 0 Å². The van der Waals surface area contributed by atoms with Crippen LogP contribution in [0.15, 0.2) is 0 Å². The van der Waals surface area contributed by atoms with Gasteiger partial charge >= 0.3 is 0 Å². The van der Waals surface area contributed by atoms with Crippen LogP contribution >= 0.6 is 0 Å². The van der Waals surface area contributed by atoms with Crippen LogP contribution < -0.4 is 0 Å². The first kappa shape index (κ1) is 24.8. The van der Waals surface area contributed by atoms with Crippen LogP contribution in [0, 0.1) is 0 Å². The van der Waals surface area contributed by atoms with Crippen molar-refractivity contribution in [1.82, 2.24) is 4.90 Å². The van der Waals surface area contributed by atoms with Crippen LogP contribution in [0.2, 0.25) is 35.8 Å². The number of nitrogens with zero attached hydrogens (tertiary/aromatic N) is 1. The maximum Gasteiger partial charge on any atom is 0.293 e. The first-order valence-electron chi connectivity index (χ1n) is 9.84. The Labute approximate surface area is 158 Å². The van der Waals surface area contributed by atoms with Gasteiger partial charge in [0.05, 0.1) is 6.42 Å². The Morgan fingerprint density at radius 1 is 0.960 bits per heavy atom. The molecule has 0 aromatic carbocycles. The highest BCUT2D eigenvalue weighted by atomic mass is 28.4. The molecule has 0 fully saturated rings. The summed E-state index contributed by atoms with van der Waals surface area (Å²) in [6, 6.07) is 1.16. The highest BCUT2D eigenvalue weighted by molar-refractivity contribution is 6.78. The summed E-state index contributed by atoms with van der Waals surface area (Å²) in [5, 5.41) is 0. The van der Waals surface area contributed by atoms with Gasteiger partial charge in [-0.15, -0.1) is 0 Å². The number of hydrogen-bond donors (Lipinski definition) is 0.